The Hall–Kier alpha value is -0.650. The van der Waals surface area contributed by atoms with E-state index >= 15 is 0 Å². The molecule has 0 radical (unpaired) electrons. The minimum Gasteiger partial charge on any atom is -0.469 e. The first kappa shape index (κ1) is 13.4. The molecule has 0 saturated carbocycles. The van der Waals surface area contributed by atoms with Crippen LogP contribution in [-0.2, 0) is 14.3 Å². The molecule has 16 heavy (non-hydrogen) atoms. The molecule has 3 unspecified atom stereocenters. The van der Waals surface area contributed by atoms with Crippen molar-refractivity contribution in [1.29, 1.82) is 0 Å². The van der Waals surface area contributed by atoms with E-state index in [0.29, 0.717) is 19.7 Å². The Morgan fingerprint density at radius 3 is 2.75 bits per heavy atom. The lowest BCUT2D eigenvalue weighted by Crippen LogP contribution is -2.34. The van der Waals surface area contributed by atoms with Gasteiger partial charge >= 0.3 is 5.97 Å². The van der Waals surface area contributed by atoms with Gasteiger partial charge in [-0.1, -0.05) is 6.92 Å². The molecule has 0 spiro atoms. The Morgan fingerprint density at radius 2 is 2.19 bits per heavy atom. The van der Waals surface area contributed by atoms with Gasteiger partial charge in [0.05, 0.1) is 25.7 Å². The summed E-state index contributed by atoms with van der Waals surface area (Å²) in [7, 11) is 2.98. The molecule has 0 aromatic heterocycles. The van der Waals surface area contributed by atoms with Crippen LogP contribution in [0.5, 0.6) is 0 Å². The standard InChI is InChI=1S/C11H21NO4/c1-8-4-12(5-9(13)7-15-2)6-10(8)11(14)16-3/h8-10,13H,4-7H2,1-3H3. The van der Waals surface area contributed by atoms with Crippen molar-refractivity contribution in [1.82, 2.24) is 4.90 Å². The van der Waals surface area contributed by atoms with E-state index in [1.54, 1.807) is 7.11 Å². The number of aliphatic hydroxyl groups is 1. The van der Waals surface area contributed by atoms with E-state index in [0.717, 1.165) is 6.54 Å². The fraction of sp³-hybridized carbons (Fsp3) is 0.909. The Balaban J connectivity index is 2.40. The summed E-state index contributed by atoms with van der Waals surface area (Å²) in [4.78, 5) is 13.5. The molecule has 1 fully saturated rings. The van der Waals surface area contributed by atoms with Gasteiger partial charge in [0.15, 0.2) is 0 Å². The van der Waals surface area contributed by atoms with Gasteiger partial charge in [0.25, 0.3) is 0 Å². The molecule has 0 aromatic carbocycles. The van der Waals surface area contributed by atoms with Gasteiger partial charge < -0.3 is 14.6 Å². The number of ether oxygens (including phenoxy) is 2. The third-order valence-electron chi connectivity index (χ3n) is 3.02. The number of esters is 1. The summed E-state index contributed by atoms with van der Waals surface area (Å²) in [5.41, 5.74) is 0. The Labute approximate surface area is 96.3 Å². The van der Waals surface area contributed by atoms with Crippen molar-refractivity contribution in [3.05, 3.63) is 0 Å². The number of carbonyl (C=O) groups excluding carboxylic acids is 1. The molecule has 94 valence electrons. The second-order valence-corrected chi connectivity index (χ2v) is 4.43. The number of hydrogen-bond acceptors (Lipinski definition) is 5. The number of rotatable bonds is 5. The molecule has 0 aromatic rings. The molecule has 1 saturated heterocycles. The second-order valence-electron chi connectivity index (χ2n) is 4.43. The van der Waals surface area contributed by atoms with E-state index < -0.39 is 6.10 Å². The summed E-state index contributed by atoms with van der Waals surface area (Å²) in [6.45, 7) is 4.39. The van der Waals surface area contributed by atoms with Crippen molar-refractivity contribution in [3.8, 4) is 0 Å². The average Bonchev–Trinajstić information content (AvgIpc) is 2.58. The third kappa shape index (κ3) is 3.43. The van der Waals surface area contributed by atoms with Crippen molar-refractivity contribution < 1.29 is 19.4 Å². The SMILES string of the molecule is COCC(O)CN1CC(C)C(C(=O)OC)C1. The number of carbonyl (C=O) groups is 1. The minimum atomic E-state index is -0.492. The molecule has 5 heteroatoms. The van der Waals surface area contributed by atoms with Crippen molar-refractivity contribution >= 4 is 5.97 Å². The molecule has 1 rings (SSSR count). The van der Waals surface area contributed by atoms with Crippen LogP contribution >= 0.6 is 0 Å². The first-order chi connectivity index (χ1) is 7.58. The quantitative estimate of drug-likeness (QED) is 0.660. The van der Waals surface area contributed by atoms with Gasteiger partial charge in [-0.3, -0.25) is 9.69 Å². The summed E-state index contributed by atoms with van der Waals surface area (Å²) < 4.78 is 9.62. The second kappa shape index (κ2) is 6.18. The fourth-order valence-corrected chi connectivity index (χ4v) is 2.22. The number of likely N-dealkylation sites (tertiary alicyclic amines) is 1. The van der Waals surface area contributed by atoms with E-state index in [2.05, 4.69) is 4.90 Å². The van der Waals surface area contributed by atoms with E-state index in [1.165, 1.54) is 7.11 Å². The molecular weight excluding hydrogens is 210 g/mol. The normalized spacial score (nSPS) is 28.0. The van der Waals surface area contributed by atoms with E-state index in [4.69, 9.17) is 9.47 Å². The number of methoxy groups -OCH3 is 2. The zero-order chi connectivity index (χ0) is 12.1. The summed E-state index contributed by atoms with van der Waals surface area (Å²) in [5.74, 6) is 0.0539. The molecule has 1 heterocycles. The third-order valence-corrected chi connectivity index (χ3v) is 3.02. The van der Waals surface area contributed by atoms with Crippen LogP contribution in [-0.4, -0.2) is 62.5 Å². The molecule has 1 N–H and O–H groups in total. The van der Waals surface area contributed by atoms with Crippen LogP contribution in [0.3, 0.4) is 0 Å². The first-order valence-corrected chi connectivity index (χ1v) is 5.55. The van der Waals surface area contributed by atoms with Gasteiger partial charge in [0.1, 0.15) is 0 Å². The van der Waals surface area contributed by atoms with Crippen molar-refractivity contribution in [3.63, 3.8) is 0 Å². The predicted molar refractivity (Wildman–Crippen MR) is 59.0 cm³/mol. The Kier molecular flexibility index (Phi) is 5.18. The lowest BCUT2D eigenvalue weighted by Gasteiger charge is -2.19. The maximum absolute atomic E-state index is 11.4. The largest absolute Gasteiger partial charge is 0.469 e. The lowest BCUT2D eigenvalue weighted by molar-refractivity contribution is -0.146. The van der Waals surface area contributed by atoms with Crippen molar-refractivity contribution in [2.45, 2.75) is 13.0 Å². The Morgan fingerprint density at radius 1 is 1.50 bits per heavy atom. The highest BCUT2D eigenvalue weighted by Gasteiger charge is 2.35. The average molecular weight is 231 g/mol. The summed E-state index contributed by atoms with van der Waals surface area (Å²) in [5, 5.41) is 9.60. The van der Waals surface area contributed by atoms with Crippen LogP contribution in [0.15, 0.2) is 0 Å². The van der Waals surface area contributed by atoms with Gasteiger partial charge in [-0.25, -0.2) is 0 Å². The molecule has 0 aliphatic carbocycles. The highest BCUT2D eigenvalue weighted by Crippen LogP contribution is 2.23. The molecular formula is C11H21NO4. The zero-order valence-corrected chi connectivity index (χ0v) is 10.2. The first-order valence-electron chi connectivity index (χ1n) is 5.55. The molecule has 1 aliphatic rings. The van der Waals surface area contributed by atoms with E-state index in [1.807, 2.05) is 6.92 Å². The van der Waals surface area contributed by atoms with E-state index in [9.17, 15) is 9.90 Å². The summed E-state index contributed by atoms with van der Waals surface area (Å²) in [6, 6.07) is 0. The highest BCUT2D eigenvalue weighted by molar-refractivity contribution is 5.73. The monoisotopic (exact) mass is 231 g/mol. The molecule has 1 aliphatic heterocycles. The van der Waals surface area contributed by atoms with Crippen LogP contribution in [0, 0.1) is 11.8 Å². The van der Waals surface area contributed by atoms with Gasteiger partial charge in [-0.2, -0.15) is 0 Å². The highest BCUT2D eigenvalue weighted by atomic mass is 16.5. The summed E-state index contributed by atoms with van der Waals surface area (Å²) >= 11 is 0. The van der Waals surface area contributed by atoms with Crippen LogP contribution in [0.4, 0.5) is 0 Å². The predicted octanol–water partition coefficient (Wildman–Crippen LogP) is -0.265. The fourth-order valence-electron chi connectivity index (χ4n) is 2.22. The number of β-amino-alcohol motifs (C(OH)–C–C–N with tert-alkyl or cyclic N) is 1. The molecule has 5 nitrogen and oxygen atoms in total. The smallest absolute Gasteiger partial charge is 0.310 e. The van der Waals surface area contributed by atoms with Crippen LogP contribution < -0.4 is 0 Å². The maximum atomic E-state index is 11.4. The van der Waals surface area contributed by atoms with Crippen molar-refractivity contribution in [2.24, 2.45) is 11.8 Å². The maximum Gasteiger partial charge on any atom is 0.310 e. The van der Waals surface area contributed by atoms with Gasteiger partial charge in [-0.05, 0) is 5.92 Å². The van der Waals surface area contributed by atoms with Crippen LogP contribution in [0.1, 0.15) is 6.92 Å². The topological polar surface area (TPSA) is 59.0 Å². The van der Waals surface area contributed by atoms with Crippen LogP contribution in [0.2, 0.25) is 0 Å². The number of aliphatic hydroxyl groups excluding tert-OH is 1. The summed E-state index contributed by atoms with van der Waals surface area (Å²) in [6.07, 6.45) is -0.492. The lowest BCUT2D eigenvalue weighted by atomic mass is 9.99. The minimum absolute atomic E-state index is 0.0697. The van der Waals surface area contributed by atoms with E-state index in [-0.39, 0.29) is 17.8 Å². The molecule has 3 atom stereocenters. The number of hydrogen-bond donors (Lipinski definition) is 1. The Bertz CT molecular complexity index is 234. The molecule has 0 bridgehead atoms. The molecule has 0 amide bonds. The van der Waals surface area contributed by atoms with Crippen molar-refractivity contribution in [2.75, 3.05) is 40.5 Å². The van der Waals surface area contributed by atoms with Gasteiger partial charge in [-0.15, -0.1) is 0 Å². The van der Waals surface area contributed by atoms with Gasteiger partial charge in [0, 0.05) is 26.7 Å². The van der Waals surface area contributed by atoms with Crippen LogP contribution in [0.25, 0.3) is 0 Å². The van der Waals surface area contributed by atoms with Gasteiger partial charge in [0.2, 0.25) is 0 Å². The zero-order valence-electron chi connectivity index (χ0n) is 10.2. The number of nitrogens with zero attached hydrogens (tertiary/aromatic N) is 1.